The number of anilines is 1. The summed E-state index contributed by atoms with van der Waals surface area (Å²) in [7, 11) is 0. The Bertz CT molecular complexity index is 639. The van der Waals surface area contributed by atoms with Crippen LogP contribution in [0, 0.1) is 0 Å². The summed E-state index contributed by atoms with van der Waals surface area (Å²) >= 11 is 0. The molecular formula is C15H20N6O2. The van der Waals surface area contributed by atoms with Crippen LogP contribution in [0.4, 0.5) is 5.82 Å². The predicted molar refractivity (Wildman–Crippen MR) is 83.8 cm³/mol. The fourth-order valence-corrected chi connectivity index (χ4v) is 2.50. The van der Waals surface area contributed by atoms with Crippen LogP contribution in [0.2, 0.25) is 0 Å². The van der Waals surface area contributed by atoms with E-state index < -0.39 is 6.04 Å². The van der Waals surface area contributed by atoms with Crippen LogP contribution >= 0.6 is 0 Å². The van der Waals surface area contributed by atoms with Crippen LogP contribution in [-0.2, 0) is 16.1 Å². The normalized spacial score (nSPS) is 16.1. The van der Waals surface area contributed by atoms with E-state index in [9.17, 15) is 4.79 Å². The number of carbonyl (C=O) groups is 1. The van der Waals surface area contributed by atoms with E-state index in [2.05, 4.69) is 25.3 Å². The van der Waals surface area contributed by atoms with Gasteiger partial charge in [0.25, 0.3) is 0 Å². The minimum Gasteiger partial charge on any atom is -0.378 e. The summed E-state index contributed by atoms with van der Waals surface area (Å²) in [4.78, 5) is 22.8. The molecule has 3 heterocycles. The van der Waals surface area contributed by atoms with Crippen molar-refractivity contribution >= 4 is 11.7 Å². The maximum Gasteiger partial charge on any atom is 0.244 e. The first kappa shape index (κ1) is 15.4. The Balaban J connectivity index is 1.65. The largest absolute Gasteiger partial charge is 0.378 e. The van der Waals surface area contributed by atoms with Crippen molar-refractivity contribution in [3.8, 4) is 0 Å². The first-order chi connectivity index (χ1) is 11.3. The van der Waals surface area contributed by atoms with Crippen LogP contribution < -0.4 is 10.2 Å². The van der Waals surface area contributed by atoms with Gasteiger partial charge in [-0.2, -0.15) is 5.10 Å². The number of carbonyl (C=O) groups excluding carboxylic acids is 1. The van der Waals surface area contributed by atoms with Gasteiger partial charge in [0.1, 0.15) is 24.5 Å². The van der Waals surface area contributed by atoms with Gasteiger partial charge in [0.15, 0.2) is 0 Å². The monoisotopic (exact) mass is 316 g/mol. The van der Waals surface area contributed by atoms with Crippen molar-refractivity contribution in [3.63, 3.8) is 0 Å². The van der Waals surface area contributed by atoms with Gasteiger partial charge < -0.3 is 15.0 Å². The standard InChI is InChI=1S/C15H20N6O2/c1-12(21-11-16-10-19-21)15(22)18-9-13-3-2-4-17-14(13)20-5-7-23-8-6-20/h2-4,10-12H,5-9H2,1H3,(H,18,22)/t12-/m1/s1. The number of pyridine rings is 1. The molecule has 0 spiro atoms. The summed E-state index contributed by atoms with van der Waals surface area (Å²) in [5, 5.41) is 6.93. The molecule has 0 saturated carbocycles. The quantitative estimate of drug-likeness (QED) is 0.859. The molecule has 1 fully saturated rings. The van der Waals surface area contributed by atoms with Gasteiger partial charge in [-0.15, -0.1) is 0 Å². The van der Waals surface area contributed by atoms with Gasteiger partial charge in [-0.05, 0) is 13.0 Å². The van der Waals surface area contributed by atoms with Gasteiger partial charge in [0.2, 0.25) is 5.91 Å². The Morgan fingerprint density at radius 3 is 3.00 bits per heavy atom. The van der Waals surface area contributed by atoms with Crippen LogP contribution in [-0.4, -0.2) is 52.0 Å². The highest BCUT2D eigenvalue weighted by molar-refractivity contribution is 5.79. The number of amides is 1. The van der Waals surface area contributed by atoms with Gasteiger partial charge in [0.05, 0.1) is 13.2 Å². The highest BCUT2D eigenvalue weighted by atomic mass is 16.5. The van der Waals surface area contributed by atoms with E-state index in [1.165, 1.54) is 17.3 Å². The van der Waals surface area contributed by atoms with Gasteiger partial charge in [-0.25, -0.2) is 14.6 Å². The van der Waals surface area contributed by atoms with E-state index in [1.807, 2.05) is 12.1 Å². The molecule has 1 aliphatic heterocycles. The summed E-state index contributed by atoms with van der Waals surface area (Å²) in [6.45, 7) is 5.24. The highest BCUT2D eigenvalue weighted by Gasteiger charge is 2.18. The first-order valence-electron chi connectivity index (χ1n) is 7.64. The van der Waals surface area contributed by atoms with Crippen molar-refractivity contribution < 1.29 is 9.53 Å². The molecule has 0 unspecified atom stereocenters. The SMILES string of the molecule is C[C@H](C(=O)NCc1cccnc1N1CCOCC1)n1cncn1. The molecule has 0 aromatic carbocycles. The predicted octanol–water partition coefficient (Wildman–Crippen LogP) is 0.387. The van der Waals surface area contributed by atoms with Crippen LogP contribution in [0.5, 0.6) is 0 Å². The van der Waals surface area contributed by atoms with Crippen molar-refractivity contribution in [3.05, 3.63) is 36.5 Å². The molecule has 3 rings (SSSR count). The van der Waals surface area contributed by atoms with E-state index in [1.54, 1.807) is 13.1 Å². The maximum absolute atomic E-state index is 12.2. The number of morpholine rings is 1. The minimum absolute atomic E-state index is 0.104. The van der Waals surface area contributed by atoms with Crippen LogP contribution in [0.25, 0.3) is 0 Å². The zero-order chi connectivity index (χ0) is 16.1. The molecule has 1 saturated heterocycles. The van der Waals surface area contributed by atoms with Gasteiger partial charge >= 0.3 is 0 Å². The molecule has 2 aromatic heterocycles. The fraction of sp³-hybridized carbons (Fsp3) is 0.467. The Labute approximate surface area is 134 Å². The van der Waals surface area contributed by atoms with E-state index >= 15 is 0 Å². The topological polar surface area (TPSA) is 85.2 Å². The van der Waals surface area contributed by atoms with Crippen LogP contribution in [0.1, 0.15) is 18.5 Å². The van der Waals surface area contributed by atoms with Crippen LogP contribution in [0.15, 0.2) is 31.0 Å². The van der Waals surface area contributed by atoms with E-state index in [0.29, 0.717) is 19.8 Å². The molecule has 1 atom stereocenters. The average molecular weight is 316 g/mol. The second-order valence-corrected chi connectivity index (χ2v) is 5.35. The summed E-state index contributed by atoms with van der Waals surface area (Å²) in [6, 6.07) is 3.46. The minimum atomic E-state index is -0.402. The number of hydrogen-bond donors (Lipinski definition) is 1. The zero-order valence-electron chi connectivity index (χ0n) is 13.1. The smallest absolute Gasteiger partial charge is 0.244 e. The molecule has 0 aliphatic carbocycles. The lowest BCUT2D eigenvalue weighted by atomic mass is 10.2. The summed E-state index contributed by atoms with van der Waals surface area (Å²) < 4.78 is 6.91. The molecule has 1 amide bonds. The number of aromatic nitrogens is 4. The molecule has 1 N–H and O–H groups in total. The Hall–Kier alpha value is -2.48. The van der Waals surface area contributed by atoms with E-state index in [4.69, 9.17) is 4.74 Å². The first-order valence-corrected chi connectivity index (χ1v) is 7.64. The summed E-state index contributed by atoms with van der Waals surface area (Å²) in [5.41, 5.74) is 0.994. The van der Waals surface area contributed by atoms with Crippen molar-refractivity contribution in [2.24, 2.45) is 0 Å². The third-order valence-electron chi connectivity index (χ3n) is 3.84. The van der Waals surface area contributed by atoms with Gasteiger partial charge in [-0.1, -0.05) is 6.07 Å². The number of nitrogens with zero attached hydrogens (tertiary/aromatic N) is 5. The van der Waals surface area contributed by atoms with Crippen molar-refractivity contribution in [1.29, 1.82) is 0 Å². The Morgan fingerprint density at radius 2 is 2.26 bits per heavy atom. The second-order valence-electron chi connectivity index (χ2n) is 5.35. The molecule has 122 valence electrons. The number of ether oxygens (including phenoxy) is 1. The van der Waals surface area contributed by atoms with Crippen molar-refractivity contribution in [2.75, 3.05) is 31.2 Å². The lowest BCUT2D eigenvalue weighted by molar-refractivity contribution is -0.124. The zero-order valence-corrected chi connectivity index (χ0v) is 13.1. The fourth-order valence-electron chi connectivity index (χ4n) is 2.50. The van der Waals surface area contributed by atoms with Gasteiger partial charge in [0, 0.05) is 31.4 Å². The lowest BCUT2D eigenvalue weighted by Gasteiger charge is -2.29. The Kier molecular flexibility index (Phi) is 4.82. The average Bonchev–Trinajstić information content (AvgIpc) is 3.14. The third kappa shape index (κ3) is 3.65. The molecule has 1 aliphatic rings. The second kappa shape index (κ2) is 7.19. The molecule has 0 bridgehead atoms. The molecule has 0 radical (unpaired) electrons. The Morgan fingerprint density at radius 1 is 1.43 bits per heavy atom. The number of rotatable bonds is 5. The maximum atomic E-state index is 12.2. The van der Waals surface area contributed by atoms with E-state index in [-0.39, 0.29) is 5.91 Å². The van der Waals surface area contributed by atoms with Crippen molar-refractivity contribution in [2.45, 2.75) is 19.5 Å². The molecule has 2 aromatic rings. The van der Waals surface area contributed by atoms with E-state index in [0.717, 1.165) is 24.5 Å². The summed E-state index contributed by atoms with van der Waals surface area (Å²) in [5.74, 6) is 0.803. The van der Waals surface area contributed by atoms with Gasteiger partial charge in [-0.3, -0.25) is 4.79 Å². The molecule has 23 heavy (non-hydrogen) atoms. The number of nitrogens with one attached hydrogen (secondary N) is 1. The van der Waals surface area contributed by atoms with Crippen LogP contribution in [0.3, 0.4) is 0 Å². The molecule has 8 heteroatoms. The third-order valence-corrected chi connectivity index (χ3v) is 3.84. The number of hydrogen-bond acceptors (Lipinski definition) is 6. The lowest BCUT2D eigenvalue weighted by Crippen LogP contribution is -2.38. The molecular weight excluding hydrogens is 296 g/mol. The summed E-state index contributed by atoms with van der Waals surface area (Å²) in [6.07, 6.45) is 4.73. The van der Waals surface area contributed by atoms with Crippen molar-refractivity contribution in [1.82, 2.24) is 25.1 Å². The molecule has 8 nitrogen and oxygen atoms in total. The highest BCUT2D eigenvalue weighted by Crippen LogP contribution is 2.18.